The normalized spacial score (nSPS) is 11.6. The zero-order chi connectivity index (χ0) is 21.7. The number of amides is 2. The van der Waals surface area contributed by atoms with Gasteiger partial charge in [0.1, 0.15) is 16.4 Å². The molecular formula is C21H19BrFN3O3S. The smallest absolute Gasteiger partial charge is 0.281 e. The van der Waals surface area contributed by atoms with Crippen LogP contribution in [-0.2, 0) is 11.2 Å². The highest BCUT2D eigenvalue weighted by molar-refractivity contribution is 9.10. The molecule has 2 amide bonds. The molecule has 0 saturated heterocycles. The zero-order valence-electron chi connectivity index (χ0n) is 16.2. The number of nitrogens with one attached hydrogen (secondary N) is 2. The summed E-state index contributed by atoms with van der Waals surface area (Å²) in [6, 6.07) is 13.2. The molecule has 30 heavy (non-hydrogen) atoms. The number of rotatable bonds is 6. The van der Waals surface area contributed by atoms with Crippen LogP contribution in [0.4, 0.5) is 4.39 Å². The van der Waals surface area contributed by atoms with Gasteiger partial charge in [0.15, 0.2) is 6.10 Å². The maximum Gasteiger partial charge on any atom is 0.281 e. The zero-order valence-corrected chi connectivity index (χ0v) is 18.6. The Kier molecular flexibility index (Phi) is 7.17. The molecule has 0 bridgehead atoms. The highest BCUT2D eigenvalue weighted by Crippen LogP contribution is 2.21. The van der Waals surface area contributed by atoms with Crippen molar-refractivity contribution in [3.63, 3.8) is 0 Å². The fourth-order valence-corrected chi connectivity index (χ4v) is 3.96. The Balaban J connectivity index is 1.55. The lowest BCUT2D eigenvalue weighted by molar-refractivity contribution is -0.128. The Morgan fingerprint density at radius 1 is 1.20 bits per heavy atom. The molecule has 0 spiro atoms. The van der Waals surface area contributed by atoms with E-state index in [1.54, 1.807) is 44.2 Å². The first-order valence-electron chi connectivity index (χ1n) is 9.05. The minimum absolute atomic E-state index is 0.303. The van der Waals surface area contributed by atoms with E-state index < -0.39 is 17.9 Å². The number of carbonyl (C=O) groups excluding carboxylic acids is 2. The first-order valence-corrected chi connectivity index (χ1v) is 10.7. The molecule has 1 unspecified atom stereocenters. The van der Waals surface area contributed by atoms with E-state index in [0.717, 1.165) is 15.0 Å². The van der Waals surface area contributed by atoms with Gasteiger partial charge in [-0.3, -0.25) is 20.4 Å². The van der Waals surface area contributed by atoms with Crippen molar-refractivity contribution in [2.75, 3.05) is 0 Å². The number of thiazole rings is 1. The van der Waals surface area contributed by atoms with Crippen LogP contribution in [0.1, 0.15) is 32.9 Å². The molecular weight excluding hydrogens is 473 g/mol. The Hall–Kier alpha value is -2.78. The first-order chi connectivity index (χ1) is 14.3. The molecule has 2 N–H and O–H groups in total. The summed E-state index contributed by atoms with van der Waals surface area (Å²) in [5, 5.41) is 0.724. The van der Waals surface area contributed by atoms with Crippen LogP contribution in [0.15, 0.2) is 53.0 Å². The maximum absolute atomic E-state index is 13.0. The molecule has 0 radical (unpaired) electrons. The molecule has 0 aliphatic heterocycles. The summed E-state index contributed by atoms with van der Waals surface area (Å²) in [7, 11) is 0. The Bertz CT molecular complexity index is 1060. The van der Waals surface area contributed by atoms with Crippen molar-refractivity contribution in [3.05, 3.63) is 80.0 Å². The van der Waals surface area contributed by atoms with Crippen LogP contribution in [-0.4, -0.2) is 22.9 Å². The van der Waals surface area contributed by atoms with E-state index in [1.807, 2.05) is 6.07 Å². The summed E-state index contributed by atoms with van der Waals surface area (Å²) in [6.07, 6.45) is -0.320. The molecule has 0 aliphatic rings. The number of hydrogen-bond acceptors (Lipinski definition) is 5. The molecule has 156 valence electrons. The number of hydrazine groups is 1. The van der Waals surface area contributed by atoms with Crippen molar-refractivity contribution in [1.29, 1.82) is 0 Å². The van der Waals surface area contributed by atoms with Crippen molar-refractivity contribution >= 4 is 39.1 Å². The van der Waals surface area contributed by atoms with Crippen molar-refractivity contribution in [1.82, 2.24) is 15.8 Å². The van der Waals surface area contributed by atoms with E-state index >= 15 is 0 Å². The van der Waals surface area contributed by atoms with E-state index in [-0.39, 0.29) is 5.82 Å². The van der Waals surface area contributed by atoms with Crippen molar-refractivity contribution in [2.45, 2.75) is 26.4 Å². The number of hydrogen-bond donors (Lipinski definition) is 2. The average Bonchev–Trinajstić information content (AvgIpc) is 3.07. The standard InChI is InChI=1S/C21H19BrFN3O3S/c1-12-19(30-18(24-12)10-14-6-8-16(23)9-7-14)21(28)26-25-20(27)13(2)29-17-5-3-4-15(22)11-17/h3-9,11,13H,10H2,1-2H3,(H,25,27)(H,26,28). The second kappa shape index (κ2) is 9.82. The summed E-state index contributed by atoms with van der Waals surface area (Å²) in [4.78, 5) is 29.5. The highest BCUT2D eigenvalue weighted by Gasteiger charge is 2.19. The number of aryl methyl sites for hydroxylation is 1. The fraction of sp³-hybridized carbons (Fsp3) is 0.190. The van der Waals surface area contributed by atoms with Gasteiger partial charge in [0.05, 0.1) is 10.7 Å². The third-order valence-electron chi connectivity index (χ3n) is 4.09. The SMILES string of the molecule is Cc1nc(Cc2ccc(F)cc2)sc1C(=O)NNC(=O)C(C)Oc1cccc(Br)c1. The number of aromatic nitrogens is 1. The van der Waals surface area contributed by atoms with E-state index in [0.29, 0.717) is 22.7 Å². The van der Waals surface area contributed by atoms with Gasteiger partial charge in [-0.05, 0) is 49.7 Å². The largest absolute Gasteiger partial charge is 0.481 e. The average molecular weight is 492 g/mol. The highest BCUT2D eigenvalue weighted by atomic mass is 79.9. The van der Waals surface area contributed by atoms with Gasteiger partial charge in [0.25, 0.3) is 11.8 Å². The molecule has 3 rings (SSSR count). The van der Waals surface area contributed by atoms with E-state index in [1.165, 1.54) is 23.5 Å². The van der Waals surface area contributed by atoms with Gasteiger partial charge < -0.3 is 4.74 Å². The lowest BCUT2D eigenvalue weighted by Gasteiger charge is -2.15. The topological polar surface area (TPSA) is 80.3 Å². The van der Waals surface area contributed by atoms with Gasteiger partial charge in [-0.25, -0.2) is 9.37 Å². The third kappa shape index (κ3) is 5.87. The molecule has 0 fully saturated rings. The van der Waals surface area contributed by atoms with Gasteiger partial charge in [-0.1, -0.05) is 34.1 Å². The molecule has 1 atom stereocenters. The minimum Gasteiger partial charge on any atom is -0.481 e. The summed E-state index contributed by atoms with van der Waals surface area (Å²) < 4.78 is 19.4. The predicted octanol–water partition coefficient (Wildman–Crippen LogP) is 4.17. The Morgan fingerprint density at radius 2 is 1.93 bits per heavy atom. The number of halogens is 2. The van der Waals surface area contributed by atoms with E-state index in [9.17, 15) is 14.0 Å². The van der Waals surface area contributed by atoms with Gasteiger partial charge in [-0.15, -0.1) is 11.3 Å². The number of nitrogens with zero attached hydrogens (tertiary/aromatic N) is 1. The van der Waals surface area contributed by atoms with Gasteiger partial charge in [-0.2, -0.15) is 0 Å². The van der Waals surface area contributed by atoms with Crippen molar-refractivity contribution in [3.8, 4) is 5.75 Å². The van der Waals surface area contributed by atoms with Crippen LogP contribution in [0, 0.1) is 12.7 Å². The van der Waals surface area contributed by atoms with Gasteiger partial charge >= 0.3 is 0 Å². The second-order valence-corrected chi connectivity index (χ2v) is 8.49. The van der Waals surface area contributed by atoms with Crippen LogP contribution < -0.4 is 15.6 Å². The van der Waals surface area contributed by atoms with E-state index in [2.05, 4.69) is 31.8 Å². The van der Waals surface area contributed by atoms with Crippen LogP contribution >= 0.6 is 27.3 Å². The van der Waals surface area contributed by atoms with Gasteiger partial charge in [0.2, 0.25) is 0 Å². The Labute approximate surface area is 185 Å². The molecule has 0 aliphatic carbocycles. The lowest BCUT2D eigenvalue weighted by Crippen LogP contribution is -2.47. The molecule has 3 aromatic rings. The second-order valence-electron chi connectivity index (χ2n) is 6.49. The minimum atomic E-state index is -0.809. The molecule has 0 saturated carbocycles. The first kappa shape index (κ1) is 21.9. The van der Waals surface area contributed by atoms with Crippen molar-refractivity contribution in [2.24, 2.45) is 0 Å². The maximum atomic E-state index is 13.0. The molecule has 6 nitrogen and oxygen atoms in total. The molecule has 1 aromatic heterocycles. The molecule has 2 aromatic carbocycles. The van der Waals surface area contributed by atoms with E-state index in [4.69, 9.17) is 4.74 Å². The van der Waals surface area contributed by atoms with Gasteiger partial charge in [0, 0.05) is 10.9 Å². The number of carbonyl (C=O) groups is 2. The number of ether oxygens (including phenoxy) is 1. The summed E-state index contributed by atoms with van der Waals surface area (Å²) in [5.74, 6) is -0.722. The predicted molar refractivity (Wildman–Crippen MR) is 116 cm³/mol. The summed E-state index contributed by atoms with van der Waals surface area (Å²) in [5.41, 5.74) is 6.22. The molecule has 1 heterocycles. The van der Waals surface area contributed by atoms with Crippen LogP contribution in [0.2, 0.25) is 0 Å². The third-order valence-corrected chi connectivity index (χ3v) is 5.74. The molecule has 9 heteroatoms. The quantitative estimate of drug-likeness (QED) is 0.507. The fourth-order valence-electron chi connectivity index (χ4n) is 2.59. The van der Waals surface area contributed by atoms with Crippen molar-refractivity contribution < 1.29 is 18.7 Å². The summed E-state index contributed by atoms with van der Waals surface area (Å²) >= 11 is 4.56. The van der Waals surface area contributed by atoms with Crippen LogP contribution in [0.3, 0.4) is 0 Å². The lowest BCUT2D eigenvalue weighted by atomic mass is 10.1. The van der Waals surface area contributed by atoms with Crippen LogP contribution in [0.5, 0.6) is 5.75 Å². The monoisotopic (exact) mass is 491 g/mol. The Morgan fingerprint density at radius 3 is 2.63 bits per heavy atom. The number of benzene rings is 2. The van der Waals surface area contributed by atoms with Crippen LogP contribution in [0.25, 0.3) is 0 Å². The summed E-state index contributed by atoms with van der Waals surface area (Å²) in [6.45, 7) is 3.31.